The Kier molecular flexibility index (Phi) is 8.84. The Morgan fingerprint density at radius 3 is 1.98 bits per heavy atom. The summed E-state index contributed by atoms with van der Waals surface area (Å²) in [5.74, 6) is 1.46. The molecule has 5 heteroatoms. The first kappa shape index (κ1) is 37.7. The van der Waals surface area contributed by atoms with Crippen molar-refractivity contribution in [2.45, 2.75) is 6.17 Å². The van der Waals surface area contributed by atoms with Crippen molar-refractivity contribution in [1.82, 2.24) is 9.88 Å². The number of nitrogens with zero attached hydrogens (tertiary/aromatic N) is 3. The number of rotatable bonds is 7. The van der Waals surface area contributed by atoms with Gasteiger partial charge in [0.1, 0.15) is 23.2 Å². The van der Waals surface area contributed by atoms with Crippen LogP contribution in [0.4, 0.5) is 0 Å². The zero-order valence-corrected chi connectivity index (χ0v) is 35.8. The number of benzene rings is 10. The number of furan rings is 1. The van der Waals surface area contributed by atoms with Crippen LogP contribution in [-0.4, -0.2) is 16.2 Å². The molecule has 2 aromatic heterocycles. The van der Waals surface area contributed by atoms with Gasteiger partial charge in [-0.25, -0.2) is 9.98 Å². The Labute approximate surface area is 381 Å². The Bertz CT molecular complexity index is 3920. The molecule has 0 saturated carbocycles. The van der Waals surface area contributed by atoms with Crippen LogP contribution < -0.4 is 5.32 Å². The second kappa shape index (κ2) is 15.5. The van der Waals surface area contributed by atoms with Crippen LogP contribution in [0, 0.1) is 0 Å². The van der Waals surface area contributed by atoms with Gasteiger partial charge in [0, 0.05) is 38.4 Å². The van der Waals surface area contributed by atoms with Gasteiger partial charge in [-0.05, 0) is 110 Å². The highest BCUT2D eigenvalue weighted by Gasteiger charge is 2.23. The van der Waals surface area contributed by atoms with E-state index in [9.17, 15) is 0 Å². The molecule has 1 N–H and O–H groups in total. The summed E-state index contributed by atoms with van der Waals surface area (Å²) in [5.41, 5.74) is 14.9. The number of hydrogen-bond acceptors (Lipinski definition) is 4. The molecule has 1 aliphatic rings. The van der Waals surface area contributed by atoms with Gasteiger partial charge in [0.05, 0.1) is 11.0 Å². The maximum Gasteiger partial charge on any atom is 0.159 e. The molecular formula is C61H40N4O. The third-order valence-electron chi connectivity index (χ3n) is 13.0. The number of fused-ring (bicyclic) bond motifs is 7. The van der Waals surface area contributed by atoms with Crippen molar-refractivity contribution in [2.75, 3.05) is 0 Å². The average Bonchev–Trinajstić information content (AvgIpc) is 3.94. The fourth-order valence-electron chi connectivity index (χ4n) is 9.83. The second-order valence-electron chi connectivity index (χ2n) is 17.0. The monoisotopic (exact) mass is 844 g/mol. The summed E-state index contributed by atoms with van der Waals surface area (Å²) >= 11 is 0. The van der Waals surface area contributed by atoms with Crippen LogP contribution in [0.15, 0.2) is 245 Å². The van der Waals surface area contributed by atoms with Crippen LogP contribution >= 0.6 is 0 Å². The number of aliphatic imine (C=N–C) groups is 2. The van der Waals surface area contributed by atoms with Gasteiger partial charge in [-0.3, -0.25) is 0 Å². The first-order chi connectivity index (χ1) is 32.7. The smallest absolute Gasteiger partial charge is 0.159 e. The molecular weight excluding hydrogens is 805 g/mol. The molecule has 0 fully saturated rings. The Hall–Kier alpha value is -8.80. The molecule has 1 atom stereocenters. The van der Waals surface area contributed by atoms with Crippen molar-refractivity contribution in [3.05, 3.63) is 247 Å². The lowest BCUT2D eigenvalue weighted by molar-refractivity contribution is 0.669. The third-order valence-corrected chi connectivity index (χ3v) is 13.0. The molecule has 66 heavy (non-hydrogen) atoms. The Morgan fingerprint density at radius 2 is 1.09 bits per heavy atom. The van der Waals surface area contributed by atoms with E-state index >= 15 is 0 Å². The van der Waals surface area contributed by atoms with Crippen molar-refractivity contribution < 1.29 is 4.42 Å². The number of amidine groups is 2. The van der Waals surface area contributed by atoms with Crippen LogP contribution in [0.3, 0.4) is 0 Å². The lowest BCUT2D eigenvalue weighted by atomic mass is 9.97. The predicted molar refractivity (Wildman–Crippen MR) is 274 cm³/mol. The molecule has 1 unspecified atom stereocenters. The zero-order chi connectivity index (χ0) is 43.6. The third kappa shape index (κ3) is 6.48. The Balaban J connectivity index is 0.918. The predicted octanol–water partition coefficient (Wildman–Crippen LogP) is 15.3. The molecule has 0 aliphatic carbocycles. The topological polar surface area (TPSA) is 54.8 Å². The van der Waals surface area contributed by atoms with Crippen LogP contribution in [0.1, 0.15) is 22.9 Å². The molecule has 1 aliphatic heterocycles. The fraction of sp³-hybridized carbons (Fsp3) is 0.0164. The summed E-state index contributed by atoms with van der Waals surface area (Å²) in [6.45, 7) is 0. The summed E-state index contributed by atoms with van der Waals surface area (Å²) in [6, 6.07) is 81.8. The van der Waals surface area contributed by atoms with E-state index in [1.54, 1.807) is 0 Å². The molecule has 3 heterocycles. The van der Waals surface area contributed by atoms with E-state index in [0.717, 1.165) is 77.9 Å². The maximum atomic E-state index is 6.61. The minimum Gasteiger partial charge on any atom is -0.456 e. The highest BCUT2D eigenvalue weighted by Crippen LogP contribution is 2.41. The van der Waals surface area contributed by atoms with E-state index in [1.165, 1.54) is 38.2 Å². The minimum absolute atomic E-state index is 0.342. The number of hydrogen-bond donors (Lipinski definition) is 1. The van der Waals surface area contributed by atoms with Gasteiger partial charge in [-0.1, -0.05) is 170 Å². The summed E-state index contributed by atoms with van der Waals surface area (Å²) < 4.78 is 9.00. The largest absolute Gasteiger partial charge is 0.456 e. The van der Waals surface area contributed by atoms with Crippen LogP contribution in [0.2, 0.25) is 0 Å². The lowest BCUT2D eigenvalue weighted by Gasteiger charge is -2.24. The van der Waals surface area contributed by atoms with E-state index in [1.807, 2.05) is 24.3 Å². The van der Waals surface area contributed by atoms with Gasteiger partial charge in [0.25, 0.3) is 0 Å². The van der Waals surface area contributed by atoms with E-state index in [4.69, 9.17) is 14.4 Å². The van der Waals surface area contributed by atoms with Crippen LogP contribution in [-0.2, 0) is 0 Å². The molecule has 12 aromatic rings. The first-order valence-electron chi connectivity index (χ1n) is 22.4. The first-order valence-corrected chi connectivity index (χ1v) is 22.4. The SMILES string of the molecule is c1ccc(C2=NC(c3cccc(-c4cccc5oc6ccc(-n7c8ccccc8c8cc(-c9ccc%10ccccc%10c9)ccc87)cc6c45)c3)=NC(c3cccc(-c4ccccc4)c3)N2)cc1. The molecule has 0 spiro atoms. The van der Waals surface area contributed by atoms with Crippen molar-refractivity contribution in [3.63, 3.8) is 0 Å². The van der Waals surface area contributed by atoms with Crippen molar-refractivity contribution in [2.24, 2.45) is 9.98 Å². The standard InChI is InChI=1S/C61H40N4O/c1-3-14-39(15-4-1)43-20-11-22-47(35-43)60-62-59(41-17-5-2-6-18-41)63-61(64-60)48-23-12-21-46(36-48)50-25-13-27-57-58(50)53-38-49(31-33-56(53)66-57)65-54-26-10-9-24-51(54)52-37-45(30-32-55(52)65)44-29-28-40-16-7-8-19-42(40)34-44/h1-38,60H,(H,62,63,64). The average molecular weight is 845 g/mol. The molecule has 0 radical (unpaired) electrons. The molecule has 5 nitrogen and oxygen atoms in total. The number of nitrogens with one attached hydrogen (secondary N) is 1. The second-order valence-corrected chi connectivity index (χ2v) is 17.0. The maximum absolute atomic E-state index is 6.61. The molecule has 0 amide bonds. The molecule has 13 rings (SSSR count). The molecule has 10 aromatic carbocycles. The highest BCUT2D eigenvalue weighted by atomic mass is 16.3. The van der Waals surface area contributed by atoms with E-state index in [-0.39, 0.29) is 6.17 Å². The normalized spacial score (nSPS) is 13.9. The van der Waals surface area contributed by atoms with Gasteiger partial charge >= 0.3 is 0 Å². The van der Waals surface area contributed by atoms with Gasteiger partial charge < -0.3 is 14.3 Å². The summed E-state index contributed by atoms with van der Waals surface area (Å²) in [7, 11) is 0. The van der Waals surface area contributed by atoms with Gasteiger partial charge in [-0.15, -0.1) is 0 Å². The van der Waals surface area contributed by atoms with E-state index in [0.29, 0.717) is 5.84 Å². The highest BCUT2D eigenvalue weighted by molar-refractivity contribution is 6.16. The number of aromatic nitrogens is 1. The summed E-state index contributed by atoms with van der Waals surface area (Å²) in [5, 5.41) is 10.7. The number of para-hydroxylation sites is 1. The fourth-order valence-corrected chi connectivity index (χ4v) is 9.83. The van der Waals surface area contributed by atoms with Crippen molar-refractivity contribution in [1.29, 1.82) is 0 Å². The van der Waals surface area contributed by atoms with Gasteiger partial charge in [0.2, 0.25) is 0 Å². The minimum atomic E-state index is -0.342. The summed E-state index contributed by atoms with van der Waals surface area (Å²) in [6.07, 6.45) is -0.342. The molecule has 0 saturated heterocycles. The van der Waals surface area contributed by atoms with E-state index < -0.39 is 0 Å². The van der Waals surface area contributed by atoms with Crippen LogP contribution in [0.25, 0.3) is 93.6 Å². The summed E-state index contributed by atoms with van der Waals surface area (Å²) in [4.78, 5) is 10.5. The van der Waals surface area contributed by atoms with E-state index in [2.05, 4.69) is 216 Å². The van der Waals surface area contributed by atoms with Gasteiger partial charge in [0.15, 0.2) is 5.84 Å². The van der Waals surface area contributed by atoms with Crippen molar-refractivity contribution in [3.8, 4) is 39.1 Å². The van der Waals surface area contributed by atoms with Gasteiger partial charge in [-0.2, -0.15) is 0 Å². The quantitative estimate of drug-likeness (QED) is 0.174. The lowest BCUT2D eigenvalue weighted by Crippen LogP contribution is -2.33. The van der Waals surface area contributed by atoms with Crippen molar-refractivity contribution >= 4 is 66.2 Å². The van der Waals surface area contributed by atoms with Crippen LogP contribution in [0.5, 0.6) is 0 Å². The molecule has 0 bridgehead atoms. The molecule has 310 valence electrons. The zero-order valence-electron chi connectivity index (χ0n) is 35.8. The Morgan fingerprint density at radius 1 is 0.409 bits per heavy atom.